The molecular formula is C17H19N3O. The predicted octanol–water partition coefficient (Wildman–Crippen LogP) is 3.75. The Balaban J connectivity index is 2.33. The summed E-state index contributed by atoms with van der Waals surface area (Å²) in [7, 11) is 0. The number of phenols is 1. The number of nitrogens with two attached hydrogens (primary N) is 1. The topological polar surface area (TPSA) is 64.1 Å². The van der Waals surface area contributed by atoms with Crippen molar-refractivity contribution in [2.45, 2.75) is 26.3 Å². The zero-order chi connectivity index (χ0) is 15.2. The maximum Gasteiger partial charge on any atom is 0.141 e. The third-order valence-corrected chi connectivity index (χ3v) is 3.52. The van der Waals surface area contributed by atoms with Crippen molar-refractivity contribution in [1.29, 1.82) is 0 Å². The number of para-hydroxylation sites is 2. The SMILES string of the molecule is CC(C)(C)n1c(-c2ccc(O)c(N)c2)nc2ccccc21. The second-order valence-corrected chi connectivity index (χ2v) is 6.20. The van der Waals surface area contributed by atoms with Crippen molar-refractivity contribution in [2.75, 3.05) is 5.73 Å². The quantitative estimate of drug-likeness (QED) is 0.527. The van der Waals surface area contributed by atoms with E-state index in [0.29, 0.717) is 5.69 Å². The lowest BCUT2D eigenvalue weighted by Crippen LogP contribution is -2.22. The van der Waals surface area contributed by atoms with Gasteiger partial charge in [-0.1, -0.05) is 12.1 Å². The van der Waals surface area contributed by atoms with E-state index in [9.17, 15) is 5.11 Å². The summed E-state index contributed by atoms with van der Waals surface area (Å²) in [4.78, 5) is 4.75. The van der Waals surface area contributed by atoms with Crippen molar-refractivity contribution in [3.8, 4) is 17.1 Å². The molecule has 0 aliphatic carbocycles. The van der Waals surface area contributed by atoms with Gasteiger partial charge in [0.1, 0.15) is 11.6 Å². The average Bonchev–Trinajstić information content (AvgIpc) is 2.81. The van der Waals surface area contributed by atoms with Crippen LogP contribution in [0, 0.1) is 0 Å². The molecule has 0 aliphatic heterocycles. The van der Waals surface area contributed by atoms with Crippen LogP contribution in [0.3, 0.4) is 0 Å². The molecule has 3 aromatic rings. The van der Waals surface area contributed by atoms with Crippen LogP contribution in [0.2, 0.25) is 0 Å². The normalized spacial score (nSPS) is 12.0. The number of nitrogen functional groups attached to an aromatic ring is 1. The summed E-state index contributed by atoms with van der Waals surface area (Å²) in [5.41, 5.74) is 9.01. The van der Waals surface area contributed by atoms with Crippen LogP contribution in [0.4, 0.5) is 5.69 Å². The summed E-state index contributed by atoms with van der Waals surface area (Å²) in [6.45, 7) is 6.44. The average molecular weight is 281 g/mol. The van der Waals surface area contributed by atoms with Gasteiger partial charge in [0.05, 0.1) is 16.7 Å². The van der Waals surface area contributed by atoms with Gasteiger partial charge in [-0.15, -0.1) is 0 Å². The molecule has 0 spiro atoms. The molecular weight excluding hydrogens is 262 g/mol. The molecule has 3 rings (SSSR count). The van der Waals surface area contributed by atoms with E-state index < -0.39 is 0 Å². The van der Waals surface area contributed by atoms with Gasteiger partial charge < -0.3 is 15.4 Å². The van der Waals surface area contributed by atoms with Crippen molar-refractivity contribution < 1.29 is 5.11 Å². The summed E-state index contributed by atoms with van der Waals surface area (Å²) < 4.78 is 2.20. The molecule has 108 valence electrons. The molecule has 0 saturated heterocycles. The van der Waals surface area contributed by atoms with Gasteiger partial charge in [0, 0.05) is 11.1 Å². The zero-order valence-electron chi connectivity index (χ0n) is 12.5. The lowest BCUT2D eigenvalue weighted by atomic mass is 10.1. The van der Waals surface area contributed by atoms with Crippen LogP contribution >= 0.6 is 0 Å². The minimum absolute atomic E-state index is 0.0946. The number of fused-ring (bicyclic) bond motifs is 1. The molecule has 1 heterocycles. The molecule has 0 atom stereocenters. The fourth-order valence-electron chi connectivity index (χ4n) is 2.59. The third kappa shape index (κ3) is 2.23. The Hall–Kier alpha value is -2.49. The van der Waals surface area contributed by atoms with Crippen molar-refractivity contribution in [3.63, 3.8) is 0 Å². The van der Waals surface area contributed by atoms with E-state index in [0.717, 1.165) is 22.4 Å². The Bertz CT molecular complexity index is 813. The molecule has 21 heavy (non-hydrogen) atoms. The lowest BCUT2D eigenvalue weighted by Gasteiger charge is -2.24. The summed E-state index contributed by atoms with van der Waals surface area (Å²) in [6, 6.07) is 13.3. The molecule has 1 aromatic heterocycles. The molecule has 0 aliphatic rings. The number of aromatic nitrogens is 2. The third-order valence-electron chi connectivity index (χ3n) is 3.52. The summed E-state index contributed by atoms with van der Waals surface area (Å²) >= 11 is 0. The van der Waals surface area contributed by atoms with Crippen LogP contribution in [-0.2, 0) is 5.54 Å². The van der Waals surface area contributed by atoms with E-state index in [2.05, 4.69) is 31.4 Å². The van der Waals surface area contributed by atoms with E-state index in [1.165, 1.54) is 0 Å². The van der Waals surface area contributed by atoms with Gasteiger partial charge in [0.15, 0.2) is 0 Å². The second kappa shape index (κ2) is 4.52. The van der Waals surface area contributed by atoms with Crippen LogP contribution in [0.5, 0.6) is 5.75 Å². The van der Waals surface area contributed by atoms with Gasteiger partial charge in [-0.2, -0.15) is 0 Å². The molecule has 4 nitrogen and oxygen atoms in total. The highest BCUT2D eigenvalue weighted by molar-refractivity contribution is 5.82. The van der Waals surface area contributed by atoms with E-state index in [1.54, 1.807) is 12.1 Å². The maximum atomic E-state index is 9.61. The number of anilines is 1. The van der Waals surface area contributed by atoms with E-state index >= 15 is 0 Å². The minimum atomic E-state index is -0.113. The standard InChI is InChI=1S/C17H19N3O/c1-17(2,3)20-14-7-5-4-6-13(14)19-16(20)11-8-9-15(21)12(18)10-11/h4-10,21H,18H2,1-3H3. The number of nitrogens with zero attached hydrogens (tertiary/aromatic N) is 2. The van der Waals surface area contributed by atoms with Crippen molar-refractivity contribution in [2.24, 2.45) is 0 Å². The monoisotopic (exact) mass is 281 g/mol. The number of phenolic OH excluding ortho intramolecular Hbond substituents is 1. The Morgan fingerprint density at radius 3 is 2.48 bits per heavy atom. The molecule has 0 bridgehead atoms. The van der Waals surface area contributed by atoms with Gasteiger partial charge >= 0.3 is 0 Å². The number of hydrogen-bond donors (Lipinski definition) is 2. The molecule has 4 heteroatoms. The highest BCUT2D eigenvalue weighted by atomic mass is 16.3. The van der Waals surface area contributed by atoms with Gasteiger partial charge in [-0.05, 0) is 51.1 Å². The highest BCUT2D eigenvalue weighted by Gasteiger charge is 2.22. The highest BCUT2D eigenvalue weighted by Crippen LogP contribution is 2.33. The van der Waals surface area contributed by atoms with Gasteiger partial charge in [-0.25, -0.2) is 4.98 Å². The van der Waals surface area contributed by atoms with E-state index in [1.807, 2.05) is 24.3 Å². The molecule has 3 N–H and O–H groups in total. The Kier molecular flexibility index (Phi) is 2.90. The lowest BCUT2D eigenvalue weighted by molar-refractivity contribution is 0.413. The zero-order valence-corrected chi connectivity index (χ0v) is 12.5. The van der Waals surface area contributed by atoms with Crippen LogP contribution in [0.1, 0.15) is 20.8 Å². The minimum Gasteiger partial charge on any atom is -0.506 e. The first-order chi connectivity index (χ1) is 9.88. The van der Waals surface area contributed by atoms with Crippen molar-refractivity contribution in [1.82, 2.24) is 9.55 Å². The summed E-state index contributed by atoms with van der Waals surface area (Å²) in [5.74, 6) is 0.951. The van der Waals surface area contributed by atoms with Crippen molar-refractivity contribution >= 4 is 16.7 Å². The Labute approximate surface area is 123 Å². The second-order valence-electron chi connectivity index (χ2n) is 6.20. The molecule has 0 radical (unpaired) electrons. The van der Waals surface area contributed by atoms with Gasteiger partial charge in [-0.3, -0.25) is 0 Å². The van der Waals surface area contributed by atoms with Crippen LogP contribution < -0.4 is 5.73 Å². The number of aromatic hydroxyl groups is 1. The van der Waals surface area contributed by atoms with Crippen LogP contribution in [0.25, 0.3) is 22.4 Å². The first-order valence-corrected chi connectivity index (χ1v) is 6.95. The van der Waals surface area contributed by atoms with Crippen molar-refractivity contribution in [3.05, 3.63) is 42.5 Å². The molecule has 0 saturated carbocycles. The fraction of sp³-hybridized carbons (Fsp3) is 0.235. The molecule has 0 fully saturated rings. The summed E-state index contributed by atoms with van der Waals surface area (Å²) in [6.07, 6.45) is 0. The smallest absolute Gasteiger partial charge is 0.141 e. The Morgan fingerprint density at radius 1 is 1.10 bits per heavy atom. The van der Waals surface area contributed by atoms with Crippen LogP contribution in [-0.4, -0.2) is 14.7 Å². The predicted molar refractivity (Wildman–Crippen MR) is 86.2 cm³/mol. The Morgan fingerprint density at radius 2 is 1.81 bits per heavy atom. The number of rotatable bonds is 1. The van der Waals surface area contributed by atoms with Gasteiger partial charge in [0.2, 0.25) is 0 Å². The number of imidazole rings is 1. The molecule has 0 amide bonds. The first kappa shape index (κ1) is 13.5. The summed E-state index contributed by atoms with van der Waals surface area (Å²) in [5, 5.41) is 9.61. The fourth-order valence-corrected chi connectivity index (χ4v) is 2.59. The molecule has 0 unspecified atom stereocenters. The largest absolute Gasteiger partial charge is 0.506 e. The van der Waals surface area contributed by atoms with E-state index in [-0.39, 0.29) is 11.3 Å². The van der Waals surface area contributed by atoms with Gasteiger partial charge in [0.25, 0.3) is 0 Å². The maximum absolute atomic E-state index is 9.61. The number of hydrogen-bond acceptors (Lipinski definition) is 3. The number of benzene rings is 2. The van der Waals surface area contributed by atoms with Crippen LogP contribution in [0.15, 0.2) is 42.5 Å². The molecule has 2 aromatic carbocycles. The van der Waals surface area contributed by atoms with E-state index in [4.69, 9.17) is 10.7 Å². The first-order valence-electron chi connectivity index (χ1n) is 6.95.